The molecule has 0 aromatic rings. The van der Waals surface area contributed by atoms with E-state index in [9.17, 15) is 0 Å². The molecule has 12 heteroatoms. The van der Waals surface area contributed by atoms with E-state index < -0.39 is 42.3 Å². The molecule has 0 aromatic carbocycles. The maximum absolute atomic E-state index is 6.67. The summed E-state index contributed by atoms with van der Waals surface area (Å²) in [5.74, 6) is 0. The molecule has 30 heavy (non-hydrogen) atoms. The Morgan fingerprint density at radius 1 is 0.600 bits per heavy atom. The summed E-state index contributed by atoms with van der Waals surface area (Å²) < 4.78 is 42.9. The van der Waals surface area contributed by atoms with Crippen molar-refractivity contribution >= 4 is 42.3 Å². The van der Waals surface area contributed by atoms with Crippen molar-refractivity contribution in [3.05, 3.63) is 0 Å². The zero-order valence-electron chi connectivity index (χ0n) is 21.8. The molecule has 0 N–H and O–H groups in total. The van der Waals surface area contributed by atoms with Gasteiger partial charge in [0.1, 0.15) is 0 Å². The summed E-state index contributed by atoms with van der Waals surface area (Å²) in [6, 6.07) is 0. The summed E-state index contributed by atoms with van der Waals surface area (Å²) >= 11 is 0. The fourth-order valence-corrected chi connectivity index (χ4v) is 26.1. The number of methoxy groups -OCH3 is 1. The molecule has 0 amide bonds. The molecule has 1 unspecified atom stereocenters. The fourth-order valence-electron chi connectivity index (χ4n) is 3.33. The van der Waals surface area contributed by atoms with Gasteiger partial charge in [0, 0.05) is 7.11 Å². The summed E-state index contributed by atoms with van der Waals surface area (Å²) in [6.45, 7) is 27.1. The fraction of sp³-hybridized carbons (Fsp3) is 1.00. The van der Waals surface area contributed by atoms with Crippen LogP contribution in [-0.2, 0) is 30.7 Å². The van der Waals surface area contributed by atoms with Crippen LogP contribution in [0.2, 0.25) is 72.0 Å². The zero-order valence-corrected chi connectivity index (χ0v) is 26.8. The van der Waals surface area contributed by atoms with E-state index in [0.717, 1.165) is 0 Å². The molecule has 0 aromatic heterocycles. The third-order valence-electron chi connectivity index (χ3n) is 3.52. The van der Waals surface area contributed by atoms with Gasteiger partial charge in [0.2, 0.25) is 0 Å². The largest absolute Gasteiger partial charge is 0.437 e. The molecule has 0 bridgehead atoms. The van der Waals surface area contributed by atoms with Crippen LogP contribution < -0.4 is 0 Å². The summed E-state index contributed by atoms with van der Waals surface area (Å²) in [5.41, 5.74) is 0. The first-order chi connectivity index (χ1) is 13.3. The first-order valence-corrected chi connectivity index (χ1v) is 25.7. The van der Waals surface area contributed by atoms with E-state index in [1.807, 2.05) is 6.92 Å². The lowest BCUT2D eigenvalue weighted by Crippen LogP contribution is -2.61. The molecular formula is C18H48O7Si5. The second kappa shape index (κ2) is 12.3. The first-order valence-electron chi connectivity index (χ1n) is 10.8. The van der Waals surface area contributed by atoms with Gasteiger partial charge in [0.25, 0.3) is 0 Å². The molecule has 0 fully saturated rings. The molecule has 0 aliphatic heterocycles. The van der Waals surface area contributed by atoms with Crippen LogP contribution in [0.1, 0.15) is 6.92 Å². The van der Waals surface area contributed by atoms with Gasteiger partial charge < -0.3 is 30.7 Å². The zero-order chi connectivity index (χ0) is 23.9. The predicted octanol–water partition coefficient (Wildman–Crippen LogP) is 4.81. The summed E-state index contributed by atoms with van der Waals surface area (Å²) in [4.78, 5) is 0. The molecule has 0 saturated carbocycles. The Morgan fingerprint density at radius 3 is 1.37 bits per heavy atom. The Hall–Kier alpha value is 0.804. The van der Waals surface area contributed by atoms with E-state index in [4.69, 9.17) is 30.7 Å². The molecule has 0 saturated heterocycles. The average molecular weight is 517 g/mol. The van der Waals surface area contributed by atoms with Crippen molar-refractivity contribution in [2.24, 2.45) is 0 Å². The smallest absolute Gasteiger partial charge is 0.344 e. The molecule has 0 rings (SSSR count). The summed E-state index contributed by atoms with van der Waals surface area (Å²) in [5, 5.41) is 0. The Labute approximate surface area is 191 Å². The lowest BCUT2D eigenvalue weighted by Gasteiger charge is -2.42. The average Bonchev–Trinajstić information content (AvgIpc) is 2.43. The normalized spacial score (nSPS) is 15.5. The van der Waals surface area contributed by atoms with Gasteiger partial charge in [-0.05, 0) is 78.9 Å². The third-order valence-corrected chi connectivity index (χ3v) is 20.5. The van der Waals surface area contributed by atoms with Crippen LogP contribution in [0.25, 0.3) is 0 Å². The SMILES string of the molecule is COC(C)COCCOC[Si](C)(O[Si](C)(C)O[Si](C)(C)C)O[Si](C)(C)O[Si](C)(C)C. The van der Waals surface area contributed by atoms with Crippen molar-refractivity contribution in [1.29, 1.82) is 0 Å². The van der Waals surface area contributed by atoms with Crippen LogP contribution in [0.15, 0.2) is 0 Å². The maximum atomic E-state index is 6.67. The van der Waals surface area contributed by atoms with E-state index in [-0.39, 0.29) is 6.10 Å². The molecule has 182 valence electrons. The van der Waals surface area contributed by atoms with Crippen LogP contribution in [0.3, 0.4) is 0 Å². The highest BCUT2D eigenvalue weighted by atomic mass is 28.5. The molecular weight excluding hydrogens is 469 g/mol. The van der Waals surface area contributed by atoms with E-state index in [2.05, 4.69) is 72.0 Å². The van der Waals surface area contributed by atoms with Gasteiger partial charge in [-0.1, -0.05) is 0 Å². The van der Waals surface area contributed by atoms with Crippen molar-refractivity contribution in [1.82, 2.24) is 0 Å². The first kappa shape index (κ1) is 30.8. The van der Waals surface area contributed by atoms with E-state index >= 15 is 0 Å². The van der Waals surface area contributed by atoms with Gasteiger partial charge in [-0.2, -0.15) is 0 Å². The molecule has 7 nitrogen and oxygen atoms in total. The maximum Gasteiger partial charge on any atom is 0.344 e. The molecule has 1 atom stereocenters. The summed E-state index contributed by atoms with van der Waals surface area (Å²) in [6.07, 6.45) is 0.500. The van der Waals surface area contributed by atoms with Crippen LogP contribution >= 0.6 is 0 Å². The Balaban J connectivity index is 5.11. The molecule has 0 aliphatic rings. The van der Waals surface area contributed by atoms with Crippen LogP contribution in [0, 0.1) is 0 Å². The predicted molar refractivity (Wildman–Crippen MR) is 136 cm³/mol. The third kappa shape index (κ3) is 16.4. The van der Waals surface area contributed by atoms with Crippen molar-refractivity contribution in [2.75, 3.05) is 33.2 Å². The van der Waals surface area contributed by atoms with Gasteiger partial charge >= 0.3 is 25.7 Å². The second-order valence-corrected chi connectivity index (χ2v) is 30.6. The second-order valence-electron chi connectivity index (χ2n) is 10.7. The number of hydrogen-bond donors (Lipinski definition) is 0. The van der Waals surface area contributed by atoms with Gasteiger partial charge in [0.15, 0.2) is 16.6 Å². The molecule has 0 radical (unpaired) electrons. The highest BCUT2D eigenvalue weighted by Crippen LogP contribution is 2.26. The lowest BCUT2D eigenvalue weighted by molar-refractivity contribution is -0.00347. The summed E-state index contributed by atoms with van der Waals surface area (Å²) in [7, 11) is -9.24. The van der Waals surface area contributed by atoms with Gasteiger partial charge in [0.05, 0.1) is 32.2 Å². The monoisotopic (exact) mass is 516 g/mol. The number of rotatable bonds is 16. The molecule has 0 aliphatic carbocycles. The number of hydrogen-bond acceptors (Lipinski definition) is 7. The topological polar surface area (TPSA) is 64.6 Å². The number of ether oxygens (including phenoxy) is 3. The quantitative estimate of drug-likeness (QED) is 0.215. The van der Waals surface area contributed by atoms with Crippen molar-refractivity contribution in [2.45, 2.75) is 85.0 Å². The minimum Gasteiger partial charge on any atom is -0.437 e. The standard InChI is InChI=1S/C18H48O7Si5/c1-18(19-2)16-20-14-15-21-17-30(13,24-28(9,10)22-26(3,4)5)25-29(11,12)23-27(6,7)8/h18H,14-17H2,1-13H3. The van der Waals surface area contributed by atoms with Crippen LogP contribution in [0.5, 0.6) is 0 Å². The molecule has 0 spiro atoms. The van der Waals surface area contributed by atoms with Crippen LogP contribution in [0.4, 0.5) is 0 Å². The minimum absolute atomic E-state index is 0.0762. The van der Waals surface area contributed by atoms with Gasteiger partial charge in [-0.15, -0.1) is 0 Å². The van der Waals surface area contributed by atoms with E-state index in [1.54, 1.807) is 7.11 Å². The van der Waals surface area contributed by atoms with Gasteiger partial charge in [-0.3, -0.25) is 0 Å². The lowest BCUT2D eigenvalue weighted by atomic mass is 10.4. The Morgan fingerprint density at radius 2 is 1.00 bits per heavy atom. The minimum atomic E-state index is -2.69. The van der Waals surface area contributed by atoms with Crippen LogP contribution in [-0.4, -0.2) is 81.6 Å². The highest BCUT2D eigenvalue weighted by molar-refractivity contribution is 6.90. The van der Waals surface area contributed by atoms with Crippen molar-refractivity contribution < 1.29 is 30.7 Å². The van der Waals surface area contributed by atoms with Crippen molar-refractivity contribution in [3.63, 3.8) is 0 Å². The highest BCUT2D eigenvalue weighted by Gasteiger charge is 2.47. The van der Waals surface area contributed by atoms with Gasteiger partial charge in [-0.25, -0.2) is 0 Å². The Bertz CT molecular complexity index is 462. The molecule has 0 heterocycles. The van der Waals surface area contributed by atoms with E-state index in [0.29, 0.717) is 26.1 Å². The van der Waals surface area contributed by atoms with E-state index in [1.165, 1.54) is 0 Å². The van der Waals surface area contributed by atoms with Crippen molar-refractivity contribution in [3.8, 4) is 0 Å². The Kier molecular flexibility index (Phi) is 12.6.